The van der Waals surface area contributed by atoms with Gasteiger partial charge in [-0.3, -0.25) is 4.79 Å². The minimum absolute atomic E-state index is 0.0428. The average molecular weight is 326 g/mol. The maximum atomic E-state index is 11.8. The molecule has 1 aromatic rings. The fourth-order valence-corrected chi connectivity index (χ4v) is 3.06. The molecule has 0 atom stereocenters. The second kappa shape index (κ2) is 10.3. The number of ether oxygens (including phenoxy) is 1. The number of esters is 1. The van der Waals surface area contributed by atoms with Crippen LogP contribution in [0.2, 0.25) is 0 Å². The van der Waals surface area contributed by atoms with E-state index in [9.17, 15) is 9.59 Å². The molecule has 0 unspecified atom stereocenters. The highest BCUT2D eigenvalue weighted by atomic mass is 32.1. The van der Waals surface area contributed by atoms with Crippen molar-refractivity contribution in [2.45, 2.75) is 65.2 Å². The number of methoxy groups -OCH3 is 1. The number of unbranched alkanes of at least 4 members (excludes halogenated alkanes) is 6. The zero-order chi connectivity index (χ0) is 16.4. The highest BCUT2D eigenvalue weighted by molar-refractivity contribution is 7.17. The summed E-state index contributed by atoms with van der Waals surface area (Å²) in [6, 6.07) is 0. The Morgan fingerprint density at radius 3 is 2.41 bits per heavy atom. The van der Waals surface area contributed by atoms with Gasteiger partial charge in [0.2, 0.25) is 5.91 Å². The quantitative estimate of drug-likeness (QED) is 0.513. The number of rotatable bonds is 10. The van der Waals surface area contributed by atoms with Crippen molar-refractivity contribution in [2.24, 2.45) is 0 Å². The largest absolute Gasteiger partial charge is 0.465 e. The highest BCUT2D eigenvalue weighted by Gasteiger charge is 2.16. The fourth-order valence-electron chi connectivity index (χ4n) is 2.16. The van der Waals surface area contributed by atoms with Crippen LogP contribution in [0.15, 0.2) is 0 Å². The first-order valence-electron chi connectivity index (χ1n) is 7.94. The summed E-state index contributed by atoms with van der Waals surface area (Å²) in [5, 5.41) is 3.22. The van der Waals surface area contributed by atoms with Crippen molar-refractivity contribution in [3.05, 3.63) is 10.6 Å². The number of amides is 1. The molecule has 22 heavy (non-hydrogen) atoms. The number of nitrogens with zero attached hydrogens (tertiary/aromatic N) is 1. The molecule has 0 spiro atoms. The normalized spacial score (nSPS) is 10.5. The third-order valence-corrected chi connectivity index (χ3v) is 4.47. The Morgan fingerprint density at radius 2 is 1.77 bits per heavy atom. The summed E-state index contributed by atoms with van der Waals surface area (Å²) in [7, 11) is 1.33. The molecule has 5 nitrogen and oxygen atoms in total. The Bertz CT molecular complexity index is 486. The van der Waals surface area contributed by atoms with Crippen LogP contribution in [0.25, 0.3) is 0 Å². The molecule has 1 aromatic heterocycles. The molecule has 1 rings (SSSR count). The van der Waals surface area contributed by atoms with Crippen molar-refractivity contribution in [1.29, 1.82) is 0 Å². The van der Waals surface area contributed by atoms with E-state index in [0.717, 1.165) is 24.2 Å². The van der Waals surface area contributed by atoms with Crippen molar-refractivity contribution in [1.82, 2.24) is 4.98 Å². The number of hydrogen-bond acceptors (Lipinski definition) is 5. The summed E-state index contributed by atoms with van der Waals surface area (Å²) < 4.78 is 4.67. The summed E-state index contributed by atoms with van der Waals surface area (Å²) in [6.45, 7) is 3.94. The molecule has 0 aliphatic rings. The third-order valence-electron chi connectivity index (χ3n) is 3.42. The maximum Gasteiger partial charge on any atom is 0.350 e. The van der Waals surface area contributed by atoms with Crippen molar-refractivity contribution in [2.75, 3.05) is 12.4 Å². The van der Waals surface area contributed by atoms with Crippen LogP contribution in [0.1, 0.15) is 73.7 Å². The molecule has 0 saturated carbocycles. The first-order valence-corrected chi connectivity index (χ1v) is 8.75. The number of anilines is 1. The van der Waals surface area contributed by atoms with Crippen molar-refractivity contribution in [3.8, 4) is 0 Å². The molecule has 1 N–H and O–H groups in total. The van der Waals surface area contributed by atoms with Gasteiger partial charge in [0.15, 0.2) is 5.13 Å². The van der Waals surface area contributed by atoms with Gasteiger partial charge in [-0.15, -0.1) is 0 Å². The van der Waals surface area contributed by atoms with Crippen molar-refractivity contribution < 1.29 is 14.3 Å². The number of nitrogens with one attached hydrogen (secondary N) is 1. The van der Waals surface area contributed by atoms with Crippen LogP contribution in [0.5, 0.6) is 0 Å². The van der Waals surface area contributed by atoms with Crippen molar-refractivity contribution >= 4 is 28.3 Å². The zero-order valence-electron chi connectivity index (χ0n) is 13.7. The second-order valence-electron chi connectivity index (χ2n) is 5.34. The Hall–Kier alpha value is -1.43. The Kier molecular flexibility index (Phi) is 8.74. The van der Waals surface area contributed by atoms with E-state index in [4.69, 9.17) is 0 Å². The topological polar surface area (TPSA) is 68.3 Å². The molecule has 124 valence electrons. The monoisotopic (exact) mass is 326 g/mol. The summed E-state index contributed by atoms with van der Waals surface area (Å²) in [5.74, 6) is -0.457. The number of aromatic nitrogens is 1. The molecule has 0 aliphatic carbocycles. The molecule has 1 amide bonds. The van der Waals surface area contributed by atoms with E-state index < -0.39 is 5.97 Å². The molecule has 0 fully saturated rings. The van der Waals surface area contributed by atoms with Gasteiger partial charge in [-0.2, -0.15) is 0 Å². The molecule has 6 heteroatoms. The minimum atomic E-state index is -0.414. The number of thiazole rings is 1. The van der Waals surface area contributed by atoms with Gasteiger partial charge in [-0.25, -0.2) is 9.78 Å². The molecule has 0 radical (unpaired) electrons. The lowest BCUT2D eigenvalue weighted by atomic mass is 10.1. The number of aryl methyl sites for hydroxylation is 1. The third kappa shape index (κ3) is 6.56. The molecule has 0 aromatic carbocycles. The molecule has 0 bridgehead atoms. The summed E-state index contributed by atoms with van der Waals surface area (Å²) >= 11 is 1.16. The first kappa shape index (κ1) is 18.6. The zero-order valence-corrected chi connectivity index (χ0v) is 14.6. The standard InChI is InChI=1S/C16H26N2O3S/c1-4-5-6-7-8-9-10-11-13(19)18-16-17-12(2)14(22-16)15(20)21-3/h4-11H2,1-3H3,(H,17,18,19). The first-order chi connectivity index (χ1) is 10.6. The van der Waals surface area contributed by atoms with Gasteiger partial charge >= 0.3 is 5.97 Å². The van der Waals surface area contributed by atoms with Crippen LogP contribution in [0, 0.1) is 6.92 Å². The highest BCUT2D eigenvalue weighted by Crippen LogP contribution is 2.23. The van der Waals surface area contributed by atoms with Gasteiger partial charge in [-0.05, 0) is 13.3 Å². The van der Waals surface area contributed by atoms with Crippen LogP contribution in [0.3, 0.4) is 0 Å². The average Bonchev–Trinajstić information content (AvgIpc) is 2.86. The molecular weight excluding hydrogens is 300 g/mol. The molecule has 0 saturated heterocycles. The lowest BCUT2D eigenvalue weighted by Gasteiger charge is -2.02. The van der Waals surface area contributed by atoms with E-state index >= 15 is 0 Å². The maximum absolute atomic E-state index is 11.8. The number of carbonyl (C=O) groups excluding carboxylic acids is 2. The lowest BCUT2D eigenvalue weighted by Crippen LogP contribution is -2.10. The van der Waals surface area contributed by atoms with Crippen LogP contribution < -0.4 is 5.32 Å². The lowest BCUT2D eigenvalue weighted by molar-refractivity contribution is -0.116. The minimum Gasteiger partial charge on any atom is -0.465 e. The van der Waals surface area contributed by atoms with Gasteiger partial charge in [0.1, 0.15) is 4.88 Å². The van der Waals surface area contributed by atoms with E-state index in [0.29, 0.717) is 22.1 Å². The summed E-state index contributed by atoms with van der Waals surface area (Å²) in [6.07, 6.45) is 8.76. The van der Waals surface area contributed by atoms with E-state index in [1.54, 1.807) is 6.92 Å². The smallest absolute Gasteiger partial charge is 0.350 e. The Balaban J connectivity index is 2.26. The van der Waals surface area contributed by atoms with Crippen LogP contribution in [0.4, 0.5) is 5.13 Å². The Labute approximate surface area is 136 Å². The number of carbonyl (C=O) groups is 2. The van der Waals surface area contributed by atoms with E-state index in [1.807, 2.05) is 0 Å². The van der Waals surface area contributed by atoms with Gasteiger partial charge < -0.3 is 10.1 Å². The summed E-state index contributed by atoms with van der Waals surface area (Å²) in [5.41, 5.74) is 0.586. The van der Waals surface area contributed by atoms with E-state index in [2.05, 4.69) is 22.0 Å². The Morgan fingerprint density at radius 1 is 1.14 bits per heavy atom. The fraction of sp³-hybridized carbons (Fsp3) is 0.688. The van der Waals surface area contributed by atoms with Crippen LogP contribution in [-0.4, -0.2) is 24.0 Å². The van der Waals surface area contributed by atoms with Crippen molar-refractivity contribution in [3.63, 3.8) is 0 Å². The van der Waals surface area contributed by atoms with Crippen LogP contribution in [-0.2, 0) is 9.53 Å². The van der Waals surface area contributed by atoms with Gasteiger partial charge in [-0.1, -0.05) is 56.8 Å². The van der Waals surface area contributed by atoms with Gasteiger partial charge in [0.05, 0.1) is 12.8 Å². The predicted octanol–water partition coefficient (Wildman–Crippen LogP) is 4.32. The van der Waals surface area contributed by atoms with E-state index in [-0.39, 0.29) is 5.91 Å². The van der Waals surface area contributed by atoms with Gasteiger partial charge in [0, 0.05) is 6.42 Å². The molecule has 0 aliphatic heterocycles. The SMILES string of the molecule is CCCCCCCCCC(=O)Nc1nc(C)c(C(=O)OC)s1. The van der Waals surface area contributed by atoms with Gasteiger partial charge in [0.25, 0.3) is 0 Å². The molecular formula is C16H26N2O3S. The predicted molar refractivity (Wildman–Crippen MR) is 89.4 cm³/mol. The number of hydrogen-bond donors (Lipinski definition) is 1. The second-order valence-corrected chi connectivity index (χ2v) is 6.34. The summed E-state index contributed by atoms with van der Waals surface area (Å²) in [4.78, 5) is 28.0. The van der Waals surface area contributed by atoms with E-state index in [1.165, 1.54) is 39.2 Å². The molecule has 1 heterocycles. The van der Waals surface area contributed by atoms with Crippen LogP contribution >= 0.6 is 11.3 Å².